The monoisotopic (exact) mass is 877 g/mol. The van der Waals surface area contributed by atoms with Gasteiger partial charge in [0.05, 0.1) is 39.6 Å². The summed E-state index contributed by atoms with van der Waals surface area (Å²) in [6, 6.07) is 0. The fourth-order valence-electron chi connectivity index (χ4n) is 4.93. The molecule has 0 aromatic heterocycles. The van der Waals surface area contributed by atoms with Crippen LogP contribution in [0.2, 0.25) is 0 Å². The van der Waals surface area contributed by atoms with E-state index in [-0.39, 0.29) is 39.6 Å². The molecule has 0 aromatic carbocycles. The average Bonchev–Trinajstić information content (AvgIpc) is 3.24. The zero-order valence-electron chi connectivity index (χ0n) is 38.3. The summed E-state index contributed by atoms with van der Waals surface area (Å²) in [5, 5.41) is 97.3. The van der Waals surface area contributed by atoms with Crippen LogP contribution in [0.25, 0.3) is 0 Å². The Balaban J connectivity index is -0.000000152. The lowest BCUT2D eigenvalue weighted by Gasteiger charge is -2.00. The van der Waals surface area contributed by atoms with E-state index in [1.807, 2.05) is 0 Å². The molecule has 0 amide bonds. The molecule has 0 bridgehead atoms. The third kappa shape index (κ3) is 91.7. The highest BCUT2D eigenvalue weighted by atomic mass is 16.4. The van der Waals surface area contributed by atoms with Gasteiger partial charge in [0.1, 0.15) is 18.3 Å². The van der Waals surface area contributed by atoms with Crippen molar-refractivity contribution in [3.05, 3.63) is 0 Å². The first-order valence-electron chi connectivity index (χ1n) is 23.1. The van der Waals surface area contributed by atoms with E-state index in [0.717, 1.165) is 38.5 Å². The molecule has 0 saturated carbocycles. The van der Waals surface area contributed by atoms with Crippen molar-refractivity contribution >= 4 is 17.9 Å². The summed E-state index contributed by atoms with van der Waals surface area (Å²) in [6.45, 7) is 4.50. The Kier molecular flexibility index (Phi) is 76.9. The Morgan fingerprint density at radius 2 is 0.417 bits per heavy atom. The summed E-state index contributed by atoms with van der Waals surface area (Å²) in [5.41, 5.74) is 0. The van der Waals surface area contributed by atoms with E-state index in [0.29, 0.717) is 19.3 Å². The molecule has 0 heterocycles. The molecule has 0 aromatic rings. The second kappa shape index (κ2) is 66.2. The lowest BCUT2D eigenvalue weighted by atomic mass is 10.1. The normalized spacial score (nSPS) is 10.2. The number of carbonyl (C=O) groups is 3. The highest BCUT2D eigenvalue weighted by Gasteiger charge is 1.99. The number of hydrogen-bond donors (Lipinski definition) is 12. The van der Waals surface area contributed by atoms with E-state index >= 15 is 0 Å². The first-order chi connectivity index (χ1) is 28.7. The minimum atomic E-state index is -0.954. The predicted octanol–water partition coefficient (Wildman–Crippen LogP) is 6.97. The van der Waals surface area contributed by atoms with Crippen LogP contribution in [0, 0.1) is 0 Å². The Morgan fingerprint density at radius 3 is 0.517 bits per heavy atom. The second-order valence-electron chi connectivity index (χ2n) is 15.0. The number of carboxylic acids is 3. The van der Waals surface area contributed by atoms with Gasteiger partial charge in [-0.25, -0.2) is 0 Å². The van der Waals surface area contributed by atoms with Gasteiger partial charge in [0.15, 0.2) is 0 Å². The van der Waals surface area contributed by atoms with Gasteiger partial charge in [-0.2, -0.15) is 0 Å². The van der Waals surface area contributed by atoms with E-state index in [9.17, 15) is 14.4 Å². The van der Waals surface area contributed by atoms with Crippen LogP contribution >= 0.6 is 0 Å². The van der Waals surface area contributed by atoms with Gasteiger partial charge in [-0.3, -0.25) is 14.4 Å². The number of rotatable bonds is 36. The van der Waals surface area contributed by atoms with Crippen LogP contribution in [0.15, 0.2) is 0 Å². The van der Waals surface area contributed by atoms with Gasteiger partial charge in [0.2, 0.25) is 0 Å². The molecule has 0 aliphatic carbocycles. The quantitative estimate of drug-likeness (QED) is 0.0283. The Morgan fingerprint density at radius 1 is 0.283 bits per heavy atom. The van der Waals surface area contributed by atoms with Gasteiger partial charge in [-0.05, 0) is 19.3 Å². The van der Waals surface area contributed by atoms with Crippen molar-refractivity contribution < 1.29 is 75.7 Å². The number of carboxylic acid groups (broad SMARTS) is 3. The van der Waals surface area contributed by atoms with Crippen LogP contribution in [0.1, 0.15) is 213 Å². The molecule has 0 unspecified atom stereocenters. The Bertz CT molecular complexity index is 678. The van der Waals surface area contributed by atoms with E-state index in [1.165, 1.54) is 135 Å². The number of hydrogen-bond acceptors (Lipinski definition) is 12. The minimum Gasteiger partial charge on any atom is -0.481 e. The molecule has 0 spiro atoms. The molecule has 15 heteroatoms. The van der Waals surface area contributed by atoms with Crippen LogP contribution < -0.4 is 0 Å². The van der Waals surface area contributed by atoms with Crippen molar-refractivity contribution in [2.75, 3.05) is 39.6 Å². The summed E-state index contributed by atoms with van der Waals surface area (Å²) in [6.07, 6.45) is 31.6. The molecule has 0 aliphatic heterocycles. The van der Waals surface area contributed by atoms with Crippen molar-refractivity contribution in [2.45, 2.75) is 232 Å². The van der Waals surface area contributed by atoms with Crippen molar-refractivity contribution in [2.24, 2.45) is 0 Å². The van der Waals surface area contributed by atoms with Crippen molar-refractivity contribution in [1.29, 1.82) is 0 Å². The van der Waals surface area contributed by atoms with E-state index in [1.54, 1.807) is 0 Å². The Hall–Kier alpha value is -1.95. The number of aliphatic carboxylic acids is 3. The van der Waals surface area contributed by atoms with Gasteiger partial charge in [-0.1, -0.05) is 175 Å². The number of aliphatic hydroxyl groups is 9. The highest BCUT2D eigenvalue weighted by molar-refractivity contribution is 5.67. The van der Waals surface area contributed by atoms with Crippen molar-refractivity contribution in [1.82, 2.24) is 0 Å². The molecule has 0 atom stereocenters. The molecule has 0 aliphatic rings. The van der Waals surface area contributed by atoms with Crippen LogP contribution in [-0.4, -0.2) is 137 Å². The fraction of sp³-hybridized carbons (Fsp3) is 0.933. The maximum Gasteiger partial charge on any atom is 0.303 e. The highest BCUT2D eigenvalue weighted by Crippen LogP contribution is 2.12. The zero-order chi connectivity index (χ0) is 46.9. The first-order valence-corrected chi connectivity index (χ1v) is 23.1. The van der Waals surface area contributed by atoms with Crippen molar-refractivity contribution in [3.63, 3.8) is 0 Å². The smallest absolute Gasteiger partial charge is 0.303 e. The minimum absolute atomic E-state index is 0.343. The summed E-state index contributed by atoms with van der Waals surface area (Å²) in [5.74, 6) is -1.98. The van der Waals surface area contributed by atoms with E-state index < -0.39 is 36.2 Å². The summed E-state index contributed by atoms with van der Waals surface area (Å²) in [4.78, 5) is 30.6. The van der Waals surface area contributed by atoms with Crippen LogP contribution in [0.4, 0.5) is 0 Å². The Labute approximate surface area is 364 Å². The molecular weight excluding hydrogens is 780 g/mol. The molecule has 15 nitrogen and oxygen atoms in total. The van der Waals surface area contributed by atoms with Gasteiger partial charge in [0, 0.05) is 19.3 Å². The maximum absolute atomic E-state index is 10.2. The standard InChI is InChI=1S/3C12H24O2.3C3H8O3/c3*1-2-3-4-5-6-7-8-9-10-11-12(13)14;3*4-1-3(6)2-5/h3*2-11H2,1H3,(H,13,14);3*3-6H,1-2H2. The molecule has 0 rings (SSSR count). The molecule has 366 valence electrons. The third-order valence-electron chi connectivity index (χ3n) is 8.75. The number of aliphatic hydroxyl groups excluding tert-OH is 9. The zero-order valence-corrected chi connectivity index (χ0v) is 38.3. The predicted molar refractivity (Wildman–Crippen MR) is 239 cm³/mol. The van der Waals surface area contributed by atoms with Crippen LogP contribution in [0.3, 0.4) is 0 Å². The lowest BCUT2D eigenvalue weighted by molar-refractivity contribution is -0.138. The molecule has 12 N–H and O–H groups in total. The van der Waals surface area contributed by atoms with E-state index in [4.69, 9.17) is 61.3 Å². The summed E-state index contributed by atoms with van der Waals surface area (Å²) < 4.78 is 0. The average molecular weight is 877 g/mol. The molecule has 60 heavy (non-hydrogen) atoms. The third-order valence-corrected chi connectivity index (χ3v) is 8.75. The molecule has 0 saturated heterocycles. The van der Waals surface area contributed by atoms with Crippen molar-refractivity contribution in [3.8, 4) is 0 Å². The maximum atomic E-state index is 10.2. The first kappa shape index (κ1) is 69.7. The number of unbranched alkanes of at least 4 members (excludes halogenated alkanes) is 24. The van der Waals surface area contributed by atoms with Gasteiger partial charge < -0.3 is 61.3 Å². The fourth-order valence-corrected chi connectivity index (χ4v) is 4.93. The largest absolute Gasteiger partial charge is 0.481 e. The van der Waals surface area contributed by atoms with Crippen LogP contribution in [0.5, 0.6) is 0 Å². The van der Waals surface area contributed by atoms with Gasteiger partial charge in [0.25, 0.3) is 0 Å². The molecule has 0 fully saturated rings. The topological polar surface area (TPSA) is 294 Å². The second-order valence-corrected chi connectivity index (χ2v) is 15.0. The van der Waals surface area contributed by atoms with E-state index in [2.05, 4.69) is 20.8 Å². The summed E-state index contributed by atoms with van der Waals surface area (Å²) >= 11 is 0. The van der Waals surface area contributed by atoms with Gasteiger partial charge in [-0.15, -0.1) is 0 Å². The van der Waals surface area contributed by atoms with Crippen LogP contribution in [-0.2, 0) is 14.4 Å². The summed E-state index contributed by atoms with van der Waals surface area (Å²) in [7, 11) is 0. The molecule has 0 radical (unpaired) electrons. The SMILES string of the molecule is CCCCCCCCCCCC(=O)O.CCCCCCCCCCCC(=O)O.CCCCCCCCCCCC(=O)O.OCC(O)CO.OCC(O)CO.OCC(O)CO. The lowest BCUT2D eigenvalue weighted by Crippen LogP contribution is -2.15. The van der Waals surface area contributed by atoms with Gasteiger partial charge >= 0.3 is 17.9 Å². The molecular formula is C45H96O15.